The second kappa shape index (κ2) is 4.81. The largest absolute Gasteiger partial charge is 0.465 e. The number of benzene rings is 1. The molecule has 0 unspecified atom stereocenters. The van der Waals surface area contributed by atoms with E-state index < -0.39 is 11.5 Å². The van der Waals surface area contributed by atoms with Crippen LogP contribution >= 0.6 is 0 Å². The summed E-state index contributed by atoms with van der Waals surface area (Å²) in [7, 11) is 0. The van der Waals surface area contributed by atoms with Crippen LogP contribution in [0.5, 0.6) is 0 Å². The van der Waals surface area contributed by atoms with Crippen molar-refractivity contribution >= 4 is 12.0 Å². The zero-order valence-corrected chi connectivity index (χ0v) is 11.2. The zero-order chi connectivity index (χ0) is 14.2. The highest BCUT2D eigenvalue weighted by atomic mass is 16.4. The number of carbonyl (C=O) groups excluding carboxylic acids is 1. The van der Waals surface area contributed by atoms with E-state index >= 15 is 0 Å². The molecule has 2 heterocycles. The molecule has 0 bridgehead atoms. The second-order valence-electron chi connectivity index (χ2n) is 5.64. The molecule has 2 saturated heterocycles. The molecule has 0 aromatic heterocycles. The van der Waals surface area contributed by atoms with Gasteiger partial charge in [0.1, 0.15) is 0 Å². The van der Waals surface area contributed by atoms with Crippen molar-refractivity contribution in [2.24, 2.45) is 5.41 Å². The summed E-state index contributed by atoms with van der Waals surface area (Å²) < 4.78 is 0. The molecule has 0 radical (unpaired) electrons. The number of carbonyl (C=O) groups is 2. The summed E-state index contributed by atoms with van der Waals surface area (Å²) in [5, 5.41) is 12.1. The van der Waals surface area contributed by atoms with E-state index in [1.165, 1.54) is 4.90 Å². The SMILES string of the molecule is O=C(O)N1CCC[C@@]2(C1)C(=O)NC[C@H]2c1ccccc1. The third kappa shape index (κ3) is 1.94. The van der Waals surface area contributed by atoms with Crippen molar-refractivity contribution in [3.63, 3.8) is 0 Å². The molecule has 5 nitrogen and oxygen atoms in total. The number of nitrogens with zero attached hydrogens (tertiary/aromatic N) is 1. The molecule has 1 spiro atoms. The maximum absolute atomic E-state index is 12.4. The van der Waals surface area contributed by atoms with E-state index in [9.17, 15) is 14.7 Å². The molecule has 1 aromatic carbocycles. The lowest BCUT2D eigenvalue weighted by Gasteiger charge is -2.40. The molecule has 20 heavy (non-hydrogen) atoms. The molecule has 1 aromatic rings. The Morgan fingerprint density at radius 2 is 2.10 bits per heavy atom. The van der Waals surface area contributed by atoms with Crippen LogP contribution in [0.3, 0.4) is 0 Å². The highest BCUT2D eigenvalue weighted by molar-refractivity contribution is 5.87. The number of likely N-dealkylation sites (tertiary alicyclic amines) is 1. The number of hydrogen-bond acceptors (Lipinski definition) is 2. The van der Waals surface area contributed by atoms with Gasteiger partial charge in [0.25, 0.3) is 0 Å². The van der Waals surface area contributed by atoms with Gasteiger partial charge in [-0.25, -0.2) is 4.79 Å². The Morgan fingerprint density at radius 3 is 2.80 bits per heavy atom. The Morgan fingerprint density at radius 1 is 1.35 bits per heavy atom. The molecule has 3 rings (SSSR count). The van der Waals surface area contributed by atoms with Crippen LogP contribution in [-0.4, -0.2) is 41.6 Å². The molecule has 2 aliphatic heterocycles. The van der Waals surface area contributed by atoms with E-state index in [-0.39, 0.29) is 11.8 Å². The lowest BCUT2D eigenvalue weighted by Crippen LogP contribution is -2.51. The third-order valence-electron chi connectivity index (χ3n) is 4.58. The number of piperidine rings is 1. The maximum Gasteiger partial charge on any atom is 0.407 e. The molecule has 5 heteroatoms. The average Bonchev–Trinajstić information content (AvgIpc) is 2.77. The van der Waals surface area contributed by atoms with Gasteiger partial charge in [-0.3, -0.25) is 4.79 Å². The molecule has 2 amide bonds. The Bertz CT molecular complexity index is 531. The van der Waals surface area contributed by atoms with Crippen LogP contribution < -0.4 is 5.32 Å². The van der Waals surface area contributed by atoms with Crippen LogP contribution in [0.1, 0.15) is 24.3 Å². The Labute approximate surface area is 117 Å². The molecule has 106 valence electrons. The minimum absolute atomic E-state index is 0.00250. The lowest BCUT2D eigenvalue weighted by atomic mass is 9.69. The van der Waals surface area contributed by atoms with Gasteiger partial charge in [0.05, 0.1) is 5.41 Å². The lowest BCUT2D eigenvalue weighted by molar-refractivity contribution is -0.130. The van der Waals surface area contributed by atoms with Crippen LogP contribution in [0.2, 0.25) is 0 Å². The van der Waals surface area contributed by atoms with Gasteiger partial charge in [-0.2, -0.15) is 0 Å². The normalized spacial score (nSPS) is 29.5. The van der Waals surface area contributed by atoms with Crippen LogP contribution in [-0.2, 0) is 4.79 Å². The van der Waals surface area contributed by atoms with Gasteiger partial charge in [0, 0.05) is 25.6 Å². The van der Waals surface area contributed by atoms with Gasteiger partial charge in [-0.05, 0) is 18.4 Å². The van der Waals surface area contributed by atoms with Gasteiger partial charge in [-0.1, -0.05) is 30.3 Å². The monoisotopic (exact) mass is 274 g/mol. The first kappa shape index (κ1) is 13.0. The van der Waals surface area contributed by atoms with Crippen molar-refractivity contribution in [3.8, 4) is 0 Å². The van der Waals surface area contributed by atoms with E-state index in [0.29, 0.717) is 19.6 Å². The van der Waals surface area contributed by atoms with Crippen molar-refractivity contribution in [2.45, 2.75) is 18.8 Å². The zero-order valence-electron chi connectivity index (χ0n) is 11.2. The topological polar surface area (TPSA) is 69.6 Å². The maximum atomic E-state index is 12.4. The highest BCUT2D eigenvalue weighted by Gasteiger charge is 2.53. The van der Waals surface area contributed by atoms with E-state index in [2.05, 4.69) is 5.32 Å². The smallest absolute Gasteiger partial charge is 0.407 e. The van der Waals surface area contributed by atoms with E-state index in [1.807, 2.05) is 30.3 Å². The minimum atomic E-state index is -0.935. The van der Waals surface area contributed by atoms with Crippen LogP contribution in [0.4, 0.5) is 4.79 Å². The van der Waals surface area contributed by atoms with Gasteiger partial charge < -0.3 is 15.3 Å². The number of nitrogens with one attached hydrogen (secondary N) is 1. The van der Waals surface area contributed by atoms with Crippen LogP contribution in [0, 0.1) is 5.41 Å². The number of rotatable bonds is 1. The van der Waals surface area contributed by atoms with Crippen LogP contribution in [0.15, 0.2) is 30.3 Å². The Balaban J connectivity index is 1.95. The Hall–Kier alpha value is -2.04. The molecule has 0 aliphatic carbocycles. The predicted octanol–water partition coefficient (Wildman–Crippen LogP) is 1.66. The molecular weight excluding hydrogens is 256 g/mol. The number of hydrogen-bond donors (Lipinski definition) is 2. The molecule has 0 saturated carbocycles. The van der Waals surface area contributed by atoms with Crippen LogP contribution in [0.25, 0.3) is 0 Å². The fourth-order valence-corrected chi connectivity index (χ4v) is 3.56. The molecule has 2 N–H and O–H groups in total. The van der Waals surface area contributed by atoms with E-state index in [0.717, 1.165) is 18.4 Å². The first-order chi connectivity index (χ1) is 9.63. The van der Waals surface area contributed by atoms with Crippen molar-refractivity contribution in [3.05, 3.63) is 35.9 Å². The first-order valence-electron chi connectivity index (χ1n) is 6.94. The summed E-state index contributed by atoms with van der Waals surface area (Å²) in [5.74, 6) is 0.0515. The van der Waals surface area contributed by atoms with Gasteiger partial charge in [0.2, 0.25) is 5.91 Å². The predicted molar refractivity (Wildman–Crippen MR) is 73.5 cm³/mol. The highest BCUT2D eigenvalue weighted by Crippen LogP contribution is 2.46. The summed E-state index contributed by atoms with van der Waals surface area (Å²) in [4.78, 5) is 25.0. The van der Waals surface area contributed by atoms with Crippen molar-refractivity contribution in [1.82, 2.24) is 10.2 Å². The summed E-state index contributed by atoms with van der Waals surface area (Å²) in [6, 6.07) is 9.91. The molecule has 2 fully saturated rings. The summed E-state index contributed by atoms with van der Waals surface area (Å²) >= 11 is 0. The van der Waals surface area contributed by atoms with Gasteiger partial charge in [-0.15, -0.1) is 0 Å². The van der Waals surface area contributed by atoms with Gasteiger partial charge in [0.15, 0.2) is 0 Å². The fourth-order valence-electron chi connectivity index (χ4n) is 3.56. The first-order valence-corrected chi connectivity index (χ1v) is 6.94. The average molecular weight is 274 g/mol. The summed E-state index contributed by atoms with van der Waals surface area (Å²) in [5.41, 5.74) is 0.510. The molecular formula is C15H18N2O3. The summed E-state index contributed by atoms with van der Waals surface area (Å²) in [6.07, 6.45) is 0.557. The number of amides is 2. The second-order valence-corrected chi connectivity index (χ2v) is 5.64. The van der Waals surface area contributed by atoms with Crippen molar-refractivity contribution in [2.75, 3.05) is 19.6 Å². The fraction of sp³-hybridized carbons (Fsp3) is 0.467. The van der Waals surface area contributed by atoms with E-state index in [1.54, 1.807) is 0 Å². The minimum Gasteiger partial charge on any atom is -0.465 e. The summed E-state index contributed by atoms with van der Waals surface area (Å²) in [6.45, 7) is 1.41. The van der Waals surface area contributed by atoms with Crippen molar-refractivity contribution in [1.29, 1.82) is 0 Å². The Kier molecular flexibility index (Phi) is 3.12. The van der Waals surface area contributed by atoms with Crippen molar-refractivity contribution < 1.29 is 14.7 Å². The molecule has 2 aliphatic rings. The number of carboxylic acid groups (broad SMARTS) is 1. The standard InChI is InChI=1S/C15H18N2O3/c18-13-15(7-4-8-17(10-15)14(19)20)12(9-16-13)11-5-2-1-3-6-11/h1-3,5-6,12H,4,7-10H2,(H,16,18)(H,19,20)/t12-,15-/m0/s1. The quantitative estimate of drug-likeness (QED) is 0.818. The third-order valence-corrected chi connectivity index (χ3v) is 4.58. The molecule has 2 atom stereocenters. The van der Waals surface area contributed by atoms with E-state index in [4.69, 9.17) is 0 Å². The van der Waals surface area contributed by atoms with Gasteiger partial charge >= 0.3 is 6.09 Å².